The Morgan fingerprint density at radius 1 is 0.959 bits per heavy atom. The molecule has 4 fully saturated rings. The molecule has 0 spiro atoms. The highest BCUT2D eigenvalue weighted by atomic mass is 19.1. The van der Waals surface area contributed by atoms with Gasteiger partial charge >= 0.3 is 12.1 Å². The number of hydrogen-bond donors (Lipinski definition) is 5. The van der Waals surface area contributed by atoms with E-state index in [9.17, 15) is 39.5 Å². The third kappa shape index (κ3) is 13.6. The van der Waals surface area contributed by atoms with Crippen molar-refractivity contribution in [3.05, 3.63) is 42.0 Å². The molecule has 1 amide bonds. The van der Waals surface area contributed by atoms with Gasteiger partial charge in [0.05, 0.1) is 66.0 Å². The fourth-order valence-corrected chi connectivity index (χ4v) is 12.3. The summed E-state index contributed by atoms with van der Waals surface area (Å²) in [6.07, 6.45) is -4.38. The molecule has 6 rings (SSSR count). The maximum atomic E-state index is 14.6. The molecule has 19 nitrogen and oxygen atoms in total. The summed E-state index contributed by atoms with van der Waals surface area (Å²) in [5, 5.41) is 68.7. The molecular formula is C53H87FN6O13. The number of aryl methyl sites for hydroxylation is 1. The van der Waals surface area contributed by atoms with Crippen LogP contribution in [0.4, 0.5) is 14.9 Å². The number of halogens is 1. The Hall–Kier alpha value is -3.41. The second-order valence-electron chi connectivity index (χ2n) is 22.8. The number of methoxy groups -OCH3 is 1. The van der Waals surface area contributed by atoms with E-state index >= 15 is 0 Å². The normalized spacial score (nSPS) is 40.8. The van der Waals surface area contributed by atoms with Crippen molar-refractivity contribution in [1.82, 2.24) is 24.8 Å². The van der Waals surface area contributed by atoms with Crippen molar-refractivity contribution in [1.29, 1.82) is 0 Å². The molecule has 4 aliphatic heterocycles. The number of amides is 1. The van der Waals surface area contributed by atoms with Crippen molar-refractivity contribution >= 4 is 17.7 Å². The van der Waals surface area contributed by atoms with Crippen LogP contribution < -0.4 is 4.90 Å². The molecule has 73 heavy (non-hydrogen) atoms. The van der Waals surface area contributed by atoms with E-state index in [1.165, 1.54) is 31.1 Å². The summed E-state index contributed by atoms with van der Waals surface area (Å²) in [5.74, 6) is -3.61. The Bertz CT molecular complexity index is 2120. The number of anilines is 1. The van der Waals surface area contributed by atoms with Gasteiger partial charge in [0, 0.05) is 44.3 Å². The number of unbranched alkanes of at least 4 members (excludes halogenated alkanes) is 1. The fraction of sp³-hybridized carbons (Fsp3) is 0.811. The van der Waals surface area contributed by atoms with Gasteiger partial charge in [0.2, 0.25) is 0 Å². The Labute approximate surface area is 431 Å². The van der Waals surface area contributed by atoms with E-state index in [2.05, 4.69) is 15.2 Å². The molecule has 1 unspecified atom stereocenters. The van der Waals surface area contributed by atoms with Crippen molar-refractivity contribution in [3.8, 4) is 0 Å². The van der Waals surface area contributed by atoms with Gasteiger partial charge in [0.1, 0.15) is 41.9 Å². The number of ether oxygens (including phenoxy) is 6. The molecule has 4 aliphatic rings. The largest absolute Gasteiger partial charge is 0.459 e. The molecule has 19 atom stereocenters. The van der Waals surface area contributed by atoms with Gasteiger partial charge in [-0.3, -0.25) is 9.69 Å². The smallest absolute Gasteiger partial charge is 0.414 e. The SMILES string of the molecule is CC[C@H]1OC(=O)[C@H](C)[C@@H](C2C[C@@](C)(OC)[C@@H](O)[C@H](C)O2)[C@H](C)[C@@H](O[C@@H]2O[C@H](C)C[C@H](N(C)CCCCc3cn(C[C@H]4CN(c5cccc(F)c5)C(=O)O4)nn3)[C@H]2O)[C@](C)(O)C[C@@H](C)CN(C)[C@H](C)[C@@H](O)[C@]1(C)O. The van der Waals surface area contributed by atoms with E-state index in [-0.39, 0.29) is 43.9 Å². The predicted octanol–water partition coefficient (Wildman–Crippen LogP) is 4.32. The summed E-state index contributed by atoms with van der Waals surface area (Å²) in [7, 11) is 5.33. The maximum absolute atomic E-state index is 14.6. The van der Waals surface area contributed by atoms with Gasteiger partial charge in [-0.1, -0.05) is 39.0 Å². The van der Waals surface area contributed by atoms with E-state index in [0.717, 1.165) is 18.5 Å². The summed E-state index contributed by atoms with van der Waals surface area (Å²) >= 11 is 0. The molecule has 4 saturated heterocycles. The third-order valence-corrected chi connectivity index (χ3v) is 16.6. The van der Waals surface area contributed by atoms with Crippen LogP contribution in [0, 0.1) is 29.5 Å². The highest BCUT2D eigenvalue weighted by molar-refractivity contribution is 5.89. The lowest BCUT2D eigenvalue weighted by Crippen LogP contribution is -2.62. The van der Waals surface area contributed by atoms with Crippen LogP contribution in [0.1, 0.15) is 113 Å². The topological polar surface area (TPSA) is 231 Å². The van der Waals surface area contributed by atoms with Crippen molar-refractivity contribution in [2.75, 3.05) is 45.7 Å². The number of benzene rings is 1. The van der Waals surface area contributed by atoms with Gasteiger partial charge in [0.25, 0.3) is 0 Å². The molecule has 0 radical (unpaired) electrons. The second-order valence-corrected chi connectivity index (χ2v) is 22.8. The Morgan fingerprint density at radius 2 is 1.67 bits per heavy atom. The number of hydrogen-bond acceptors (Lipinski definition) is 17. The van der Waals surface area contributed by atoms with Crippen LogP contribution in [0.2, 0.25) is 0 Å². The van der Waals surface area contributed by atoms with Crippen LogP contribution in [0.5, 0.6) is 0 Å². The molecule has 5 N–H and O–H groups in total. The van der Waals surface area contributed by atoms with Crippen molar-refractivity contribution < 1.29 is 67.9 Å². The summed E-state index contributed by atoms with van der Waals surface area (Å²) in [4.78, 5) is 32.6. The van der Waals surface area contributed by atoms with E-state index in [1.807, 2.05) is 46.0 Å². The fourth-order valence-electron chi connectivity index (χ4n) is 12.3. The molecule has 5 heterocycles. The number of aromatic nitrogens is 3. The van der Waals surface area contributed by atoms with Crippen LogP contribution >= 0.6 is 0 Å². The first-order valence-corrected chi connectivity index (χ1v) is 26.4. The first-order valence-electron chi connectivity index (χ1n) is 26.4. The van der Waals surface area contributed by atoms with E-state index < -0.39 is 114 Å². The minimum Gasteiger partial charge on any atom is -0.459 e. The van der Waals surface area contributed by atoms with Crippen molar-refractivity contribution in [3.63, 3.8) is 0 Å². The molecule has 1 aromatic heterocycles. The third-order valence-electron chi connectivity index (χ3n) is 16.6. The van der Waals surface area contributed by atoms with Crippen LogP contribution in [0.15, 0.2) is 30.5 Å². The van der Waals surface area contributed by atoms with Gasteiger partial charge in [0.15, 0.2) is 6.29 Å². The maximum Gasteiger partial charge on any atom is 0.414 e. The number of likely N-dealkylation sites (N-methyl/N-ethyl adjacent to an activating group) is 2. The quantitative estimate of drug-likeness (QED) is 0.131. The monoisotopic (exact) mass is 1030 g/mol. The van der Waals surface area contributed by atoms with Crippen LogP contribution in [-0.2, 0) is 46.2 Å². The number of aliphatic hydroxyl groups excluding tert-OH is 3. The lowest BCUT2D eigenvalue weighted by atomic mass is 9.68. The van der Waals surface area contributed by atoms with Gasteiger partial charge in [-0.05, 0) is 131 Å². The number of carbonyl (C=O) groups is 2. The van der Waals surface area contributed by atoms with Gasteiger partial charge < -0.3 is 63.8 Å². The first-order chi connectivity index (χ1) is 34.2. The number of esters is 1. The number of rotatable bonds is 14. The zero-order valence-corrected chi connectivity index (χ0v) is 45.5. The van der Waals surface area contributed by atoms with Gasteiger partial charge in [-0.25, -0.2) is 13.9 Å². The zero-order valence-electron chi connectivity index (χ0n) is 45.5. The Balaban J connectivity index is 1.19. The zero-order chi connectivity index (χ0) is 53.9. The molecule has 1 aromatic carbocycles. The molecule has 414 valence electrons. The van der Waals surface area contributed by atoms with Crippen molar-refractivity contribution in [2.24, 2.45) is 23.7 Å². The number of aliphatic hydroxyl groups is 5. The van der Waals surface area contributed by atoms with Crippen LogP contribution in [0.25, 0.3) is 0 Å². The summed E-state index contributed by atoms with van der Waals surface area (Å²) in [5.41, 5.74) is -3.27. The van der Waals surface area contributed by atoms with E-state index in [4.69, 9.17) is 28.4 Å². The number of nitrogens with zero attached hydrogens (tertiary/aromatic N) is 6. The van der Waals surface area contributed by atoms with E-state index in [1.54, 1.807) is 58.4 Å². The summed E-state index contributed by atoms with van der Waals surface area (Å²) in [6.45, 7) is 19.5. The standard InChI is InChI=1S/C53H87FN6O13/c1-14-42-53(10,67)45(62)34(6)58(12)26-30(2)24-51(8,66)47(32(4)43(33(5)48(64)72-42)41-25-52(9,68-13)46(63)35(7)70-41)73-49-44(61)40(22-31(3)69-49)57(11)21-16-15-19-37-27-59(56-55-37)28-39-29-60(50(65)71-39)38-20-17-18-36(54)23-38/h17-18,20,23,27,30-35,39-47,49,61-63,66-67H,14-16,19,21-22,24-26,28-29H2,1-13H3/t30-,31-,32+,33-,34-,35+,39+,40+,41?,42-,43+,44-,45-,46+,47-,49+,51-,52-,53-/m1/s1. The highest BCUT2D eigenvalue weighted by Crippen LogP contribution is 2.45. The lowest BCUT2D eigenvalue weighted by molar-refractivity contribution is -0.303. The summed E-state index contributed by atoms with van der Waals surface area (Å²) < 4.78 is 53.2. The molecule has 2 aromatic rings. The lowest BCUT2D eigenvalue weighted by Gasteiger charge is -2.51. The van der Waals surface area contributed by atoms with Crippen LogP contribution in [-0.4, -0.2) is 193 Å². The Morgan fingerprint density at radius 3 is 2.34 bits per heavy atom. The molecular weight excluding hydrogens is 948 g/mol. The highest BCUT2D eigenvalue weighted by Gasteiger charge is 2.55. The molecule has 0 bridgehead atoms. The molecule has 20 heteroatoms. The predicted molar refractivity (Wildman–Crippen MR) is 269 cm³/mol. The van der Waals surface area contributed by atoms with E-state index in [0.29, 0.717) is 38.2 Å². The number of carbonyl (C=O) groups excluding carboxylic acids is 2. The average Bonchev–Trinajstić information content (AvgIpc) is 3.94. The number of cyclic esters (lactones) is 2. The average molecular weight is 1040 g/mol. The molecule has 0 saturated carbocycles. The second kappa shape index (κ2) is 24.3. The minimum atomic E-state index is -1.82. The first kappa shape index (κ1) is 58.8. The van der Waals surface area contributed by atoms with Crippen molar-refractivity contribution in [2.45, 2.75) is 211 Å². The van der Waals surface area contributed by atoms with Gasteiger partial charge in [-0.2, -0.15) is 0 Å². The summed E-state index contributed by atoms with van der Waals surface area (Å²) in [6, 6.07) is 4.87. The Kier molecular flexibility index (Phi) is 19.6. The minimum absolute atomic E-state index is 0.178. The van der Waals surface area contributed by atoms with Gasteiger partial charge in [-0.15, -0.1) is 5.10 Å². The molecule has 0 aliphatic carbocycles. The van der Waals surface area contributed by atoms with Crippen LogP contribution in [0.3, 0.4) is 0 Å².